The van der Waals surface area contributed by atoms with Gasteiger partial charge in [0.25, 0.3) is 0 Å². The SMILES string of the molecule is COC(=O)c1ccc(-n2cccc2[C@@H]2[C@@H](c3ccccn3)NC(=S)N2c2cc(C)cc(C)c2)cc1. The van der Waals surface area contributed by atoms with Crippen LogP contribution in [0.5, 0.6) is 0 Å². The highest BCUT2D eigenvalue weighted by Gasteiger charge is 2.42. The number of aryl methyl sites for hydroxylation is 2. The highest BCUT2D eigenvalue weighted by Crippen LogP contribution is 2.42. The van der Waals surface area contributed by atoms with Crippen molar-refractivity contribution < 1.29 is 9.53 Å². The second-order valence-electron chi connectivity index (χ2n) is 8.68. The third kappa shape index (κ3) is 4.31. The van der Waals surface area contributed by atoms with Crippen molar-refractivity contribution in [3.8, 4) is 5.69 Å². The van der Waals surface area contributed by atoms with E-state index in [9.17, 15) is 4.79 Å². The molecular formula is C28H26N4O2S. The van der Waals surface area contributed by atoms with E-state index < -0.39 is 0 Å². The lowest BCUT2D eigenvalue weighted by atomic mass is 10.00. The molecule has 0 aliphatic carbocycles. The van der Waals surface area contributed by atoms with Gasteiger partial charge in [0, 0.05) is 29.5 Å². The molecule has 7 heteroatoms. The van der Waals surface area contributed by atoms with E-state index in [1.54, 1.807) is 18.3 Å². The molecular weight excluding hydrogens is 456 g/mol. The van der Waals surface area contributed by atoms with Gasteiger partial charge in [-0.25, -0.2) is 4.79 Å². The number of aromatic nitrogens is 2. The maximum atomic E-state index is 11.9. The van der Waals surface area contributed by atoms with E-state index in [2.05, 4.69) is 57.9 Å². The number of nitrogens with one attached hydrogen (secondary N) is 1. The molecule has 1 aliphatic heterocycles. The van der Waals surface area contributed by atoms with Crippen LogP contribution in [0.4, 0.5) is 5.69 Å². The van der Waals surface area contributed by atoms with Gasteiger partial charge in [0.15, 0.2) is 5.11 Å². The number of rotatable bonds is 5. The van der Waals surface area contributed by atoms with Crippen molar-refractivity contribution in [3.05, 3.63) is 113 Å². The molecule has 2 atom stereocenters. The number of nitrogens with zero attached hydrogens (tertiary/aromatic N) is 3. The van der Waals surface area contributed by atoms with Crippen LogP contribution in [0, 0.1) is 13.8 Å². The van der Waals surface area contributed by atoms with E-state index in [1.165, 1.54) is 18.2 Å². The first kappa shape index (κ1) is 22.8. The quantitative estimate of drug-likeness (QED) is 0.301. The Labute approximate surface area is 210 Å². The highest BCUT2D eigenvalue weighted by atomic mass is 32.1. The zero-order valence-electron chi connectivity index (χ0n) is 19.8. The standard InChI is InChI=1S/C28H26N4O2S/c1-18-15-19(2)17-22(16-18)32-26(25(30-28(32)35)23-7-4-5-13-29-23)24-8-6-14-31(24)21-11-9-20(10-12-21)27(33)34-3/h4-17,25-26H,1-3H3,(H,30,35)/t25-,26-/m1/s1. The van der Waals surface area contributed by atoms with Gasteiger partial charge in [-0.2, -0.15) is 0 Å². The van der Waals surface area contributed by atoms with Crippen molar-refractivity contribution in [3.63, 3.8) is 0 Å². The smallest absolute Gasteiger partial charge is 0.337 e. The number of ether oxygens (including phenoxy) is 1. The van der Waals surface area contributed by atoms with Gasteiger partial charge in [-0.3, -0.25) is 4.98 Å². The van der Waals surface area contributed by atoms with Crippen LogP contribution in [-0.4, -0.2) is 27.7 Å². The van der Waals surface area contributed by atoms with Crippen LogP contribution in [-0.2, 0) is 4.74 Å². The van der Waals surface area contributed by atoms with Gasteiger partial charge in [-0.05, 0) is 97.9 Å². The topological polar surface area (TPSA) is 59.4 Å². The van der Waals surface area contributed by atoms with Crippen LogP contribution in [0.2, 0.25) is 0 Å². The summed E-state index contributed by atoms with van der Waals surface area (Å²) in [5.74, 6) is -0.356. The van der Waals surface area contributed by atoms with E-state index in [0.717, 1.165) is 22.8 Å². The minimum Gasteiger partial charge on any atom is -0.465 e. The number of esters is 1. The maximum absolute atomic E-state index is 11.9. The van der Waals surface area contributed by atoms with Gasteiger partial charge >= 0.3 is 5.97 Å². The fraction of sp³-hybridized carbons (Fsp3) is 0.179. The number of methoxy groups -OCH3 is 1. The molecule has 6 nitrogen and oxygen atoms in total. The number of benzene rings is 2. The van der Waals surface area contributed by atoms with E-state index in [-0.39, 0.29) is 18.1 Å². The first-order valence-electron chi connectivity index (χ1n) is 11.4. The minimum atomic E-state index is -0.356. The summed E-state index contributed by atoms with van der Waals surface area (Å²) in [4.78, 5) is 18.7. The molecule has 1 N–H and O–H groups in total. The highest BCUT2D eigenvalue weighted by molar-refractivity contribution is 7.80. The van der Waals surface area contributed by atoms with Crippen molar-refractivity contribution >= 4 is 29.0 Å². The van der Waals surface area contributed by atoms with Crippen molar-refractivity contribution in [1.82, 2.24) is 14.9 Å². The molecule has 5 rings (SSSR count). The summed E-state index contributed by atoms with van der Waals surface area (Å²) in [6.45, 7) is 4.19. The number of hydrogen-bond donors (Lipinski definition) is 1. The van der Waals surface area contributed by atoms with E-state index in [1.807, 2.05) is 42.6 Å². The number of hydrogen-bond acceptors (Lipinski definition) is 4. The van der Waals surface area contributed by atoms with Crippen molar-refractivity contribution in [2.45, 2.75) is 25.9 Å². The lowest BCUT2D eigenvalue weighted by molar-refractivity contribution is 0.0600. The van der Waals surface area contributed by atoms with E-state index in [4.69, 9.17) is 17.0 Å². The normalized spacial score (nSPS) is 17.3. The number of pyridine rings is 1. The molecule has 3 heterocycles. The summed E-state index contributed by atoms with van der Waals surface area (Å²) in [5, 5.41) is 4.18. The molecule has 0 bridgehead atoms. The van der Waals surface area contributed by atoms with Gasteiger partial charge in [0.05, 0.1) is 24.4 Å². The van der Waals surface area contributed by atoms with Gasteiger partial charge in [0.2, 0.25) is 0 Å². The van der Waals surface area contributed by atoms with Crippen molar-refractivity contribution in [1.29, 1.82) is 0 Å². The summed E-state index contributed by atoms with van der Waals surface area (Å²) in [5.41, 5.74) is 6.82. The summed E-state index contributed by atoms with van der Waals surface area (Å²) < 4.78 is 6.98. The molecule has 176 valence electrons. The van der Waals surface area contributed by atoms with Crippen LogP contribution >= 0.6 is 12.2 Å². The summed E-state index contributed by atoms with van der Waals surface area (Å²) in [7, 11) is 1.38. The molecule has 0 unspecified atom stereocenters. The molecule has 4 aromatic rings. The molecule has 2 aromatic heterocycles. The number of carbonyl (C=O) groups is 1. The van der Waals surface area contributed by atoms with Crippen LogP contribution in [0.3, 0.4) is 0 Å². The second kappa shape index (κ2) is 9.35. The summed E-state index contributed by atoms with van der Waals surface area (Å²) >= 11 is 5.88. The zero-order valence-corrected chi connectivity index (χ0v) is 20.6. The molecule has 1 fully saturated rings. The van der Waals surface area contributed by atoms with Crippen LogP contribution < -0.4 is 10.2 Å². The van der Waals surface area contributed by atoms with Gasteiger partial charge in [-0.15, -0.1) is 0 Å². The maximum Gasteiger partial charge on any atom is 0.337 e. The molecule has 0 spiro atoms. The monoisotopic (exact) mass is 482 g/mol. The minimum absolute atomic E-state index is 0.145. The molecule has 1 saturated heterocycles. The molecule has 0 amide bonds. The van der Waals surface area contributed by atoms with E-state index >= 15 is 0 Å². The van der Waals surface area contributed by atoms with Crippen LogP contribution in [0.1, 0.15) is 45.0 Å². The number of thiocarbonyl (C=S) groups is 1. The van der Waals surface area contributed by atoms with Crippen molar-refractivity contribution in [2.75, 3.05) is 12.0 Å². The third-order valence-electron chi connectivity index (χ3n) is 6.23. The Bertz CT molecular complexity index is 1360. The largest absolute Gasteiger partial charge is 0.465 e. The fourth-order valence-electron chi connectivity index (χ4n) is 4.77. The van der Waals surface area contributed by atoms with Gasteiger partial charge < -0.3 is 19.5 Å². The van der Waals surface area contributed by atoms with Crippen molar-refractivity contribution in [2.24, 2.45) is 0 Å². The second-order valence-corrected chi connectivity index (χ2v) is 9.07. The Morgan fingerprint density at radius 2 is 1.71 bits per heavy atom. The first-order valence-corrected chi connectivity index (χ1v) is 11.8. The predicted octanol–water partition coefficient (Wildman–Crippen LogP) is 5.45. The molecule has 0 saturated carbocycles. The van der Waals surface area contributed by atoms with Gasteiger partial charge in [-0.1, -0.05) is 12.1 Å². The number of anilines is 1. The predicted molar refractivity (Wildman–Crippen MR) is 141 cm³/mol. The molecule has 1 aliphatic rings. The Morgan fingerprint density at radius 3 is 2.37 bits per heavy atom. The average Bonchev–Trinajstić information content (AvgIpc) is 3.48. The van der Waals surface area contributed by atoms with E-state index in [0.29, 0.717) is 10.7 Å². The lowest BCUT2D eigenvalue weighted by Crippen LogP contribution is -2.30. The third-order valence-corrected chi connectivity index (χ3v) is 6.55. The molecule has 35 heavy (non-hydrogen) atoms. The Balaban J connectivity index is 1.64. The Kier molecular flexibility index (Phi) is 6.09. The van der Waals surface area contributed by atoms with Gasteiger partial charge in [0.1, 0.15) is 6.04 Å². The molecule has 0 radical (unpaired) electrons. The average molecular weight is 483 g/mol. The Hall–Kier alpha value is -3.97. The van der Waals surface area contributed by atoms with Crippen LogP contribution in [0.25, 0.3) is 5.69 Å². The fourth-order valence-corrected chi connectivity index (χ4v) is 5.12. The molecule has 2 aromatic carbocycles. The summed E-state index contributed by atoms with van der Waals surface area (Å²) in [6, 6.07) is 23.7. The summed E-state index contributed by atoms with van der Waals surface area (Å²) in [6.07, 6.45) is 3.83. The first-order chi connectivity index (χ1) is 17.0. The number of carbonyl (C=O) groups excluding carboxylic acids is 1. The Morgan fingerprint density at radius 1 is 0.971 bits per heavy atom. The lowest BCUT2D eigenvalue weighted by Gasteiger charge is -2.29. The van der Waals surface area contributed by atoms with Crippen LogP contribution in [0.15, 0.2) is 85.2 Å². The zero-order chi connectivity index (χ0) is 24.5.